The number of hydrogen-bond donors (Lipinski definition) is 1. The van der Waals surface area contributed by atoms with Gasteiger partial charge in [-0.3, -0.25) is 0 Å². The van der Waals surface area contributed by atoms with Crippen LogP contribution in [0.25, 0.3) is 0 Å². The van der Waals surface area contributed by atoms with Gasteiger partial charge in [-0.15, -0.1) is 0 Å². The highest BCUT2D eigenvalue weighted by molar-refractivity contribution is 6.31. The minimum absolute atomic E-state index is 0.195. The number of rotatable bonds is 6. The maximum Gasteiger partial charge on any atom is 0.345 e. The second kappa shape index (κ2) is 6.99. The largest absolute Gasteiger partial charge is 0.497 e. The molecule has 110 valence electrons. The zero-order valence-corrected chi connectivity index (χ0v) is 12.2. The van der Waals surface area contributed by atoms with Crippen molar-refractivity contribution in [2.45, 2.75) is 12.5 Å². The number of benzene rings is 2. The predicted octanol–water partition coefficient (Wildman–Crippen LogP) is 3.42. The smallest absolute Gasteiger partial charge is 0.345 e. The van der Waals surface area contributed by atoms with E-state index in [1.54, 1.807) is 49.6 Å². The van der Waals surface area contributed by atoms with Crippen LogP contribution in [0.4, 0.5) is 0 Å². The zero-order chi connectivity index (χ0) is 15.2. The van der Waals surface area contributed by atoms with Crippen molar-refractivity contribution in [3.05, 3.63) is 59.1 Å². The van der Waals surface area contributed by atoms with Gasteiger partial charge in [0.2, 0.25) is 0 Å². The average molecular weight is 307 g/mol. The first-order valence-electron chi connectivity index (χ1n) is 6.37. The molecule has 4 nitrogen and oxygen atoms in total. The lowest BCUT2D eigenvalue weighted by Crippen LogP contribution is -2.29. The van der Waals surface area contributed by atoms with Gasteiger partial charge in [0.25, 0.3) is 0 Å². The van der Waals surface area contributed by atoms with E-state index in [2.05, 4.69) is 0 Å². The molecule has 0 aliphatic rings. The number of hydrogen-bond acceptors (Lipinski definition) is 3. The van der Waals surface area contributed by atoms with E-state index in [1.165, 1.54) is 0 Å². The minimum Gasteiger partial charge on any atom is -0.497 e. The SMILES string of the molecule is COc1ccc(O[C@@H](Cc2ccccc2Cl)C(=O)O)cc1. The van der Waals surface area contributed by atoms with Crippen LogP contribution in [0, 0.1) is 0 Å². The number of ether oxygens (including phenoxy) is 2. The molecule has 0 saturated heterocycles. The van der Waals surface area contributed by atoms with Gasteiger partial charge in [-0.25, -0.2) is 4.79 Å². The normalized spacial score (nSPS) is 11.7. The van der Waals surface area contributed by atoms with E-state index in [4.69, 9.17) is 21.1 Å². The maximum atomic E-state index is 11.3. The highest BCUT2D eigenvalue weighted by Gasteiger charge is 2.21. The molecule has 0 saturated carbocycles. The third kappa shape index (κ3) is 4.13. The average Bonchev–Trinajstić information content (AvgIpc) is 2.49. The van der Waals surface area contributed by atoms with Gasteiger partial charge < -0.3 is 14.6 Å². The first-order valence-corrected chi connectivity index (χ1v) is 6.75. The van der Waals surface area contributed by atoms with E-state index in [0.29, 0.717) is 16.5 Å². The third-order valence-electron chi connectivity index (χ3n) is 2.98. The first kappa shape index (κ1) is 15.2. The minimum atomic E-state index is -1.04. The van der Waals surface area contributed by atoms with Crippen molar-refractivity contribution >= 4 is 17.6 Å². The molecule has 0 aliphatic carbocycles. The fourth-order valence-electron chi connectivity index (χ4n) is 1.86. The van der Waals surface area contributed by atoms with Crippen molar-refractivity contribution in [3.8, 4) is 11.5 Å². The van der Waals surface area contributed by atoms with Crippen LogP contribution in [0.1, 0.15) is 5.56 Å². The summed E-state index contributed by atoms with van der Waals surface area (Å²) in [5.41, 5.74) is 0.736. The number of carboxylic acids is 1. The van der Waals surface area contributed by atoms with Gasteiger partial charge >= 0.3 is 5.97 Å². The number of aliphatic carboxylic acids is 1. The highest BCUT2D eigenvalue weighted by Crippen LogP contribution is 2.21. The molecular weight excluding hydrogens is 292 g/mol. The van der Waals surface area contributed by atoms with Crippen LogP contribution in [-0.2, 0) is 11.2 Å². The predicted molar refractivity (Wildman–Crippen MR) is 80.2 cm³/mol. The van der Waals surface area contributed by atoms with Crippen LogP contribution in [-0.4, -0.2) is 24.3 Å². The lowest BCUT2D eigenvalue weighted by molar-refractivity contribution is -0.145. The van der Waals surface area contributed by atoms with E-state index >= 15 is 0 Å². The summed E-state index contributed by atoms with van der Waals surface area (Å²) in [6.07, 6.45) is -0.806. The monoisotopic (exact) mass is 306 g/mol. The number of halogens is 1. The molecule has 0 fully saturated rings. The van der Waals surface area contributed by atoms with Crippen molar-refractivity contribution in [1.82, 2.24) is 0 Å². The van der Waals surface area contributed by atoms with Gasteiger partial charge in [0, 0.05) is 11.4 Å². The van der Waals surface area contributed by atoms with Crippen molar-refractivity contribution < 1.29 is 19.4 Å². The van der Waals surface area contributed by atoms with E-state index in [1.807, 2.05) is 6.07 Å². The van der Waals surface area contributed by atoms with E-state index in [-0.39, 0.29) is 6.42 Å². The summed E-state index contributed by atoms with van der Waals surface area (Å²) >= 11 is 6.05. The van der Waals surface area contributed by atoms with E-state index < -0.39 is 12.1 Å². The van der Waals surface area contributed by atoms with E-state index in [0.717, 1.165) is 5.56 Å². The number of carbonyl (C=O) groups is 1. The molecule has 2 aromatic carbocycles. The Morgan fingerprint density at radius 2 is 1.76 bits per heavy atom. The Kier molecular flexibility index (Phi) is 5.06. The Hall–Kier alpha value is -2.20. The molecule has 5 heteroatoms. The van der Waals surface area contributed by atoms with Gasteiger partial charge in [-0.05, 0) is 35.9 Å². The van der Waals surface area contributed by atoms with Crippen molar-refractivity contribution in [2.75, 3.05) is 7.11 Å². The quantitative estimate of drug-likeness (QED) is 0.888. The molecule has 1 N–H and O–H groups in total. The number of carboxylic acid groups (broad SMARTS) is 1. The summed E-state index contributed by atoms with van der Waals surface area (Å²) in [5.74, 6) is 0.112. The van der Waals surface area contributed by atoms with Crippen molar-refractivity contribution in [1.29, 1.82) is 0 Å². The van der Waals surface area contributed by atoms with Gasteiger partial charge in [-0.1, -0.05) is 29.8 Å². The Morgan fingerprint density at radius 3 is 2.33 bits per heavy atom. The fourth-order valence-corrected chi connectivity index (χ4v) is 2.07. The van der Waals surface area contributed by atoms with Gasteiger partial charge in [0.05, 0.1) is 7.11 Å². The molecule has 0 radical (unpaired) electrons. The molecule has 0 unspecified atom stereocenters. The summed E-state index contributed by atoms with van der Waals surface area (Å²) in [5, 5.41) is 9.82. The Labute approximate surface area is 127 Å². The molecule has 0 heterocycles. The van der Waals surface area contributed by atoms with Crippen LogP contribution in [0.5, 0.6) is 11.5 Å². The van der Waals surface area contributed by atoms with E-state index in [9.17, 15) is 9.90 Å². The van der Waals surface area contributed by atoms with Crippen molar-refractivity contribution in [3.63, 3.8) is 0 Å². The zero-order valence-electron chi connectivity index (χ0n) is 11.5. The van der Waals surface area contributed by atoms with Gasteiger partial charge in [-0.2, -0.15) is 0 Å². The van der Waals surface area contributed by atoms with Gasteiger partial charge in [0.15, 0.2) is 6.10 Å². The fraction of sp³-hybridized carbons (Fsp3) is 0.188. The molecule has 2 aromatic rings. The van der Waals surface area contributed by atoms with Crippen LogP contribution in [0.15, 0.2) is 48.5 Å². The second-order valence-corrected chi connectivity index (χ2v) is 4.82. The van der Waals surface area contributed by atoms with Gasteiger partial charge in [0.1, 0.15) is 11.5 Å². The Bertz CT molecular complexity index is 610. The summed E-state index contributed by atoms with van der Waals surface area (Å²) in [6, 6.07) is 13.9. The molecule has 1 atom stereocenters. The molecule has 2 rings (SSSR count). The maximum absolute atomic E-state index is 11.3. The summed E-state index contributed by atoms with van der Waals surface area (Å²) in [4.78, 5) is 11.3. The Morgan fingerprint density at radius 1 is 1.14 bits per heavy atom. The van der Waals surface area contributed by atoms with Crippen LogP contribution in [0.2, 0.25) is 5.02 Å². The van der Waals surface area contributed by atoms with Crippen LogP contribution < -0.4 is 9.47 Å². The summed E-state index contributed by atoms with van der Waals surface area (Å²) < 4.78 is 10.6. The first-order chi connectivity index (χ1) is 10.1. The molecule has 0 bridgehead atoms. The molecule has 0 spiro atoms. The molecule has 0 aromatic heterocycles. The van der Waals surface area contributed by atoms with Crippen molar-refractivity contribution in [2.24, 2.45) is 0 Å². The lowest BCUT2D eigenvalue weighted by atomic mass is 10.1. The van der Waals surface area contributed by atoms with Crippen LogP contribution in [0.3, 0.4) is 0 Å². The van der Waals surface area contributed by atoms with Crippen LogP contribution >= 0.6 is 11.6 Å². The highest BCUT2D eigenvalue weighted by atomic mass is 35.5. The Balaban J connectivity index is 2.12. The molecule has 0 amide bonds. The molecule has 0 aliphatic heterocycles. The number of methoxy groups -OCH3 is 1. The third-order valence-corrected chi connectivity index (χ3v) is 3.35. The standard InChI is InChI=1S/C16H15ClO4/c1-20-12-6-8-13(9-7-12)21-15(16(18)19)10-11-4-2-3-5-14(11)17/h2-9,15H,10H2,1H3,(H,18,19)/t15-/m0/s1. The molecular formula is C16H15ClO4. The lowest BCUT2D eigenvalue weighted by Gasteiger charge is -2.16. The summed E-state index contributed by atoms with van der Waals surface area (Å²) in [7, 11) is 1.56. The topological polar surface area (TPSA) is 55.8 Å². The summed E-state index contributed by atoms with van der Waals surface area (Å²) in [6.45, 7) is 0. The molecule has 21 heavy (non-hydrogen) atoms. The second-order valence-electron chi connectivity index (χ2n) is 4.42.